The van der Waals surface area contributed by atoms with Gasteiger partial charge in [0, 0.05) is 11.4 Å². The fraction of sp³-hybridized carbons (Fsp3) is 0.318. The number of carbonyl (C=O) groups excluding carboxylic acids is 1. The Balaban J connectivity index is 1.56. The van der Waals surface area contributed by atoms with Gasteiger partial charge in [0.1, 0.15) is 24.7 Å². The number of aryl methyl sites for hydroxylation is 3. The SMILES string of the molecule is Cc1cc(C)cc(OCCOC(=O)c2cc(C)n(Cc3ccco3)c2C)c1. The molecule has 1 aromatic carbocycles. The minimum atomic E-state index is -0.335. The van der Waals surface area contributed by atoms with E-state index in [4.69, 9.17) is 13.9 Å². The molecule has 0 saturated heterocycles. The maximum atomic E-state index is 12.4. The van der Waals surface area contributed by atoms with Crippen molar-refractivity contribution in [3.63, 3.8) is 0 Å². The van der Waals surface area contributed by atoms with Gasteiger partial charge in [0.25, 0.3) is 0 Å². The second-order valence-corrected chi connectivity index (χ2v) is 6.76. The zero-order valence-corrected chi connectivity index (χ0v) is 16.2. The summed E-state index contributed by atoms with van der Waals surface area (Å²) in [7, 11) is 0. The molecule has 0 aliphatic heterocycles. The third-order valence-corrected chi connectivity index (χ3v) is 4.47. The number of benzene rings is 1. The Morgan fingerprint density at radius 1 is 1.04 bits per heavy atom. The number of esters is 1. The zero-order valence-electron chi connectivity index (χ0n) is 16.2. The number of rotatable bonds is 7. The van der Waals surface area contributed by atoms with Gasteiger partial charge in [-0.1, -0.05) is 6.07 Å². The Hall–Kier alpha value is -2.95. The van der Waals surface area contributed by atoms with E-state index in [1.807, 2.05) is 62.6 Å². The van der Waals surface area contributed by atoms with Crippen LogP contribution in [0.5, 0.6) is 5.75 Å². The molecule has 0 spiro atoms. The summed E-state index contributed by atoms with van der Waals surface area (Å²) >= 11 is 0. The number of furan rings is 1. The number of carbonyl (C=O) groups is 1. The monoisotopic (exact) mass is 367 g/mol. The highest BCUT2D eigenvalue weighted by molar-refractivity contribution is 5.91. The first kappa shape index (κ1) is 18.8. The van der Waals surface area contributed by atoms with Gasteiger partial charge in [-0.25, -0.2) is 4.79 Å². The molecule has 5 nitrogen and oxygen atoms in total. The van der Waals surface area contributed by atoms with Crippen LogP contribution in [0.3, 0.4) is 0 Å². The van der Waals surface area contributed by atoms with Crippen LogP contribution in [0.1, 0.15) is 38.6 Å². The van der Waals surface area contributed by atoms with E-state index >= 15 is 0 Å². The van der Waals surface area contributed by atoms with Crippen LogP contribution in [0.2, 0.25) is 0 Å². The van der Waals surface area contributed by atoms with E-state index in [1.165, 1.54) is 0 Å². The first-order valence-corrected chi connectivity index (χ1v) is 9.01. The van der Waals surface area contributed by atoms with Gasteiger partial charge in [-0.2, -0.15) is 0 Å². The van der Waals surface area contributed by atoms with Crippen molar-refractivity contribution in [1.29, 1.82) is 0 Å². The van der Waals surface area contributed by atoms with E-state index in [-0.39, 0.29) is 12.6 Å². The molecule has 5 heteroatoms. The van der Waals surface area contributed by atoms with Crippen LogP contribution < -0.4 is 4.74 Å². The molecule has 0 N–H and O–H groups in total. The van der Waals surface area contributed by atoms with Crippen LogP contribution in [0.25, 0.3) is 0 Å². The zero-order chi connectivity index (χ0) is 19.4. The molecular formula is C22H25NO4. The first-order valence-electron chi connectivity index (χ1n) is 9.01. The van der Waals surface area contributed by atoms with Gasteiger partial charge in [-0.05, 0) is 69.2 Å². The van der Waals surface area contributed by atoms with Gasteiger partial charge in [-0.15, -0.1) is 0 Å². The molecule has 0 bridgehead atoms. The predicted octanol–water partition coefficient (Wildman–Crippen LogP) is 4.60. The van der Waals surface area contributed by atoms with Crippen molar-refractivity contribution < 1.29 is 18.7 Å². The van der Waals surface area contributed by atoms with Gasteiger partial charge < -0.3 is 18.5 Å². The molecule has 2 heterocycles. The van der Waals surface area contributed by atoms with Gasteiger partial charge in [0.2, 0.25) is 0 Å². The molecule has 27 heavy (non-hydrogen) atoms. The van der Waals surface area contributed by atoms with E-state index in [9.17, 15) is 4.79 Å². The lowest BCUT2D eigenvalue weighted by molar-refractivity contribution is 0.0449. The fourth-order valence-corrected chi connectivity index (χ4v) is 3.20. The van der Waals surface area contributed by atoms with Crippen molar-refractivity contribution in [3.05, 3.63) is 76.5 Å². The summed E-state index contributed by atoms with van der Waals surface area (Å²) in [6.45, 7) is 9.05. The lowest BCUT2D eigenvalue weighted by atomic mass is 10.1. The van der Waals surface area contributed by atoms with Crippen LogP contribution in [0.15, 0.2) is 47.1 Å². The summed E-state index contributed by atoms with van der Waals surface area (Å²) < 4.78 is 18.5. The number of nitrogens with zero attached hydrogens (tertiary/aromatic N) is 1. The number of ether oxygens (including phenoxy) is 2. The van der Waals surface area contributed by atoms with E-state index in [2.05, 4.69) is 6.07 Å². The Labute approximate surface area is 159 Å². The minimum Gasteiger partial charge on any atom is -0.490 e. The molecule has 0 aliphatic rings. The fourth-order valence-electron chi connectivity index (χ4n) is 3.20. The average molecular weight is 367 g/mol. The number of aromatic nitrogens is 1. The quantitative estimate of drug-likeness (QED) is 0.452. The van der Waals surface area contributed by atoms with Crippen molar-refractivity contribution >= 4 is 5.97 Å². The summed E-state index contributed by atoms with van der Waals surface area (Å²) in [5.41, 5.74) is 4.72. The smallest absolute Gasteiger partial charge is 0.340 e. The Morgan fingerprint density at radius 3 is 2.44 bits per heavy atom. The van der Waals surface area contributed by atoms with Crippen molar-refractivity contribution in [2.75, 3.05) is 13.2 Å². The summed E-state index contributed by atoms with van der Waals surface area (Å²) in [6, 6.07) is 11.7. The Kier molecular flexibility index (Phi) is 5.69. The molecule has 142 valence electrons. The predicted molar refractivity (Wildman–Crippen MR) is 103 cm³/mol. The molecule has 0 atom stereocenters. The van der Waals surface area contributed by atoms with E-state index in [1.54, 1.807) is 6.26 Å². The standard InChI is InChI=1S/C22H25NO4/c1-15-10-16(2)12-20(11-15)26-8-9-27-22(24)21-13-17(3)23(18(21)4)14-19-6-5-7-25-19/h5-7,10-13H,8-9,14H2,1-4H3. The molecule has 0 unspecified atom stereocenters. The van der Waals surface area contributed by atoms with Crippen LogP contribution in [-0.4, -0.2) is 23.8 Å². The molecule has 0 amide bonds. The highest BCUT2D eigenvalue weighted by Crippen LogP contribution is 2.19. The second-order valence-electron chi connectivity index (χ2n) is 6.76. The maximum Gasteiger partial charge on any atom is 0.340 e. The van der Waals surface area contributed by atoms with Crippen molar-refractivity contribution in [2.45, 2.75) is 34.2 Å². The molecule has 2 aromatic heterocycles. The lowest BCUT2D eigenvalue weighted by Gasteiger charge is -2.10. The topological polar surface area (TPSA) is 53.6 Å². The number of hydrogen-bond donors (Lipinski definition) is 0. The molecule has 0 saturated carbocycles. The molecule has 0 fully saturated rings. The largest absolute Gasteiger partial charge is 0.490 e. The molecule has 3 rings (SSSR count). The van der Waals surface area contributed by atoms with Gasteiger partial charge in [0.15, 0.2) is 0 Å². The maximum absolute atomic E-state index is 12.4. The van der Waals surface area contributed by atoms with Crippen molar-refractivity contribution in [3.8, 4) is 5.75 Å². The third-order valence-electron chi connectivity index (χ3n) is 4.47. The first-order chi connectivity index (χ1) is 12.9. The molecule has 0 radical (unpaired) electrons. The lowest BCUT2D eigenvalue weighted by Crippen LogP contribution is -2.13. The van der Waals surface area contributed by atoms with Crippen LogP contribution >= 0.6 is 0 Å². The second kappa shape index (κ2) is 8.16. The van der Waals surface area contributed by atoms with E-state index < -0.39 is 0 Å². The minimum absolute atomic E-state index is 0.202. The van der Waals surface area contributed by atoms with E-state index in [0.29, 0.717) is 18.7 Å². The highest BCUT2D eigenvalue weighted by atomic mass is 16.6. The Morgan fingerprint density at radius 2 is 1.78 bits per heavy atom. The highest BCUT2D eigenvalue weighted by Gasteiger charge is 2.17. The van der Waals surface area contributed by atoms with Crippen molar-refractivity contribution in [1.82, 2.24) is 4.57 Å². The van der Waals surface area contributed by atoms with Crippen LogP contribution in [0.4, 0.5) is 0 Å². The molecule has 3 aromatic rings. The molecule has 0 aliphatic carbocycles. The summed E-state index contributed by atoms with van der Waals surface area (Å²) in [5.74, 6) is 1.30. The molecular weight excluding hydrogens is 342 g/mol. The van der Waals surface area contributed by atoms with Gasteiger partial charge in [0.05, 0.1) is 18.4 Å². The summed E-state index contributed by atoms with van der Waals surface area (Å²) in [6.07, 6.45) is 1.65. The normalized spacial score (nSPS) is 10.8. The van der Waals surface area contributed by atoms with Crippen LogP contribution in [0, 0.1) is 27.7 Å². The number of hydrogen-bond acceptors (Lipinski definition) is 4. The van der Waals surface area contributed by atoms with Gasteiger partial charge >= 0.3 is 5.97 Å². The Bertz CT molecular complexity index is 902. The summed E-state index contributed by atoms with van der Waals surface area (Å²) in [4.78, 5) is 12.4. The van der Waals surface area contributed by atoms with Crippen LogP contribution in [-0.2, 0) is 11.3 Å². The third kappa shape index (κ3) is 4.61. The van der Waals surface area contributed by atoms with Crippen molar-refractivity contribution in [2.24, 2.45) is 0 Å². The summed E-state index contributed by atoms with van der Waals surface area (Å²) in [5, 5.41) is 0. The van der Waals surface area contributed by atoms with E-state index in [0.717, 1.165) is 34.0 Å². The van der Waals surface area contributed by atoms with Gasteiger partial charge in [-0.3, -0.25) is 0 Å². The average Bonchev–Trinajstić information content (AvgIpc) is 3.21.